The van der Waals surface area contributed by atoms with Crippen LogP contribution in [0.3, 0.4) is 0 Å². The van der Waals surface area contributed by atoms with Crippen molar-refractivity contribution in [3.63, 3.8) is 0 Å². The monoisotopic (exact) mass is 447 g/mol. The molecule has 0 bridgehead atoms. The van der Waals surface area contributed by atoms with Crippen molar-refractivity contribution in [2.45, 2.75) is 39.2 Å². The molecule has 0 aliphatic carbocycles. The quantitative estimate of drug-likeness (QED) is 0.341. The van der Waals surface area contributed by atoms with Crippen LogP contribution in [0.4, 0.5) is 10.5 Å². The van der Waals surface area contributed by atoms with Crippen LogP contribution in [-0.4, -0.2) is 32.7 Å². The predicted molar refractivity (Wildman–Crippen MR) is 128 cm³/mol. The van der Waals surface area contributed by atoms with Crippen LogP contribution >= 0.6 is 0 Å². The summed E-state index contributed by atoms with van der Waals surface area (Å²) >= 11 is 0. The Hall–Kier alpha value is -4.07. The molecule has 33 heavy (non-hydrogen) atoms. The summed E-state index contributed by atoms with van der Waals surface area (Å²) in [6, 6.07) is 13.1. The third-order valence-corrected chi connectivity index (χ3v) is 5.18. The van der Waals surface area contributed by atoms with Gasteiger partial charge in [-0.2, -0.15) is 0 Å². The number of aryl methyl sites for hydroxylation is 1. The molecule has 0 aliphatic rings. The number of aliphatic carboxylic acids is 1. The van der Waals surface area contributed by atoms with E-state index in [9.17, 15) is 14.4 Å². The molecule has 0 aliphatic heterocycles. The van der Waals surface area contributed by atoms with Crippen LogP contribution in [-0.2, 0) is 16.0 Å². The largest absolute Gasteiger partial charge is 0.481 e. The highest BCUT2D eigenvalue weighted by atomic mass is 16.6. The Morgan fingerprint density at radius 2 is 1.85 bits per heavy atom. The Bertz CT molecular complexity index is 1430. The van der Waals surface area contributed by atoms with Crippen molar-refractivity contribution in [2.75, 3.05) is 5.32 Å². The molecule has 2 aromatic heterocycles. The van der Waals surface area contributed by atoms with Gasteiger partial charge in [0.1, 0.15) is 11.1 Å². The van der Waals surface area contributed by atoms with Crippen molar-refractivity contribution in [3.05, 3.63) is 64.6 Å². The molecule has 0 radical (unpaired) electrons. The fourth-order valence-corrected chi connectivity index (χ4v) is 3.81. The molecule has 0 atom stereocenters. The molecular formula is C25H25N3O5. The number of carboxylic acid groups (broad SMARTS) is 1. The number of anilines is 1. The molecule has 4 N–H and O–H groups in total. The molecule has 2 aromatic carbocycles. The SMILES string of the molecule is CC(C)(C)OC(=O)Nc1cccc(-c2ccc3[nH]c(=O)c4[nH]cc(CCC(=O)O)c4c3c2)c1. The minimum Gasteiger partial charge on any atom is -0.481 e. The molecule has 8 nitrogen and oxygen atoms in total. The zero-order valence-corrected chi connectivity index (χ0v) is 18.6. The second kappa shape index (κ2) is 8.46. The van der Waals surface area contributed by atoms with Gasteiger partial charge in [-0.3, -0.25) is 14.9 Å². The van der Waals surface area contributed by atoms with Gasteiger partial charge in [-0.15, -0.1) is 0 Å². The maximum atomic E-state index is 12.5. The molecule has 0 fully saturated rings. The fraction of sp³-hybridized carbons (Fsp3) is 0.240. The first-order chi connectivity index (χ1) is 15.6. The molecule has 0 unspecified atom stereocenters. The van der Waals surface area contributed by atoms with E-state index in [0.29, 0.717) is 23.1 Å². The highest BCUT2D eigenvalue weighted by Gasteiger charge is 2.17. The predicted octanol–water partition coefficient (Wildman–Crippen LogP) is 5.04. The van der Waals surface area contributed by atoms with Crippen molar-refractivity contribution in [2.24, 2.45) is 0 Å². The lowest BCUT2D eigenvalue weighted by Crippen LogP contribution is -2.27. The topological polar surface area (TPSA) is 124 Å². The number of benzene rings is 2. The normalized spacial score (nSPS) is 11.6. The van der Waals surface area contributed by atoms with Crippen LogP contribution in [0.15, 0.2) is 53.5 Å². The van der Waals surface area contributed by atoms with Crippen molar-refractivity contribution in [1.29, 1.82) is 0 Å². The van der Waals surface area contributed by atoms with Gasteiger partial charge in [-0.05, 0) is 68.1 Å². The van der Waals surface area contributed by atoms with Gasteiger partial charge >= 0.3 is 12.1 Å². The number of aromatic amines is 2. The summed E-state index contributed by atoms with van der Waals surface area (Å²) in [6.45, 7) is 5.40. The lowest BCUT2D eigenvalue weighted by Gasteiger charge is -2.19. The van der Waals surface area contributed by atoms with E-state index < -0.39 is 17.7 Å². The van der Waals surface area contributed by atoms with E-state index in [1.807, 2.05) is 36.4 Å². The minimum absolute atomic E-state index is 0.0285. The van der Waals surface area contributed by atoms with E-state index in [0.717, 1.165) is 27.5 Å². The smallest absolute Gasteiger partial charge is 0.412 e. The Morgan fingerprint density at radius 3 is 2.58 bits per heavy atom. The maximum Gasteiger partial charge on any atom is 0.412 e. The summed E-state index contributed by atoms with van der Waals surface area (Å²) in [7, 11) is 0. The van der Waals surface area contributed by atoms with Gasteiger partial charge in [0.2, 0.25) is 0 Å². The number of carboxylic acids is 1. The third kappa shape index (κ3) is 4.90. The van der Waals surface area contributed by atoms with Crippen LogP contribution in [0.2, 0.25) is 0 Å². The van der Waals surface area contributed by atoms with Gasteiger partial charge in [0.05, 0.1) is 0 Å². The Kier molecular flexibility index (Phi) is 5.68. The number of hydrogen-bond acceptors (Lipinski definition) is 4. The molecule has 170 valence electrons. The highest BCUT2D eigenvalue weighted by Crippen LogP contribution is 2.31. The van der Waals surface area contributed by atoms with Crippen molar-refractivity contribution < 1.29 is 19.4 Å². The van der Waals surface area contributed by atoms with Gasteiger partial charge in [0.25, 0.3) is 5.56 Å². The van der Waals surface area contributed by atoms with Gasteiger partial charge in [0.15, 0.2) is 0 Å². The first-order valence-corrected chi connectivity index (χ1v) is 10.6. The van der Waals surface area contributed by atoms with Crippen LogP contribution in [0.5, 0.6) is 0 Å². The molecule has 0 saturated carbocycles. The van der Waals surface area contributed by atoms with E-state index in [-0.39, 0.29) is 12.0 Å². The van der Waals surface area contributed by atoms with Crippen LogP contribution in [0.1, 0.15) is 32.8 Å². The molecule has 0 saturated heterocycles. The van der Waals surface area contributed by atoms with Gasteiger partial charge in [-0.25, -0.2) is 4.79 Å². The molecule has 4 aromatic rings. The van der Waals surface area contributed by atoms with E-state index in [4.69, 9.17) is 9.84 Å². The van der Waals surface area contributed by atoms with Crippen molar-refractivity contribution >= 4 is 39.6 Å². The average molecular weight is 447 g/mol. The number of H-pyrrole nitrogens is 2. The molecular weight excluding hydrogens is 422 g/mol. The molecule has 8 heteroatoms. The first-order valence-electron chi connectivity index (χ1n) is 10.6. The molecule has 0 spiro atoms. The zero-order valence-electron chi connectivity index (χ0n) is 18.6. The lowest BCUT2D eigenvalue weighted by molar-refractivity contribution is -0.136. The summed E-state index contributed by atoms with van der Waals surface area (Å²) in [6.07, 6.45) is 1.44. The number of pyridine rings is 1. The number of carbonyl (C=O) groups is 2. The first kappa shape index (κ1) is 22.1. The molecule has 2 heterocycles. The number of rotatable bonds is 5. The van der Waals surface area contributed by atoms with Crippen molar-refractivity contribution in [1.82, 2.24) is 9.97 Å². The minimum atomic E-state index is -0.895. The van der Waals surface area contributed by atoms with Crippen LogP contribution in [0.25, 0.3) is 32.9 Å². The second-order valence-corrected chi connectivity index (χ2v) is 8.88. The van der Waals surface area contributed by atoms with Gasteiger partial charge in [0, 0.05) is 34.6 Å². The number of carbonyl (C=O) groups excluding carboxylic acids is 1. The number of amides is 1. The maximum absolute atomic E-state index is 12.5. The zero-order chi connectivity index (χ0) is 23.8. The third-order valence-electron chi connectivity index (χ3n) is 5.18. The van der Waals surface area contributed by atoms with E-state index in [1.165, 1.54) is 0 Å². The highest BCUT2D eigenvalue weighted by molar-refractivity contribution is 6.07. The van der Waals surface area contributed by atoms with E-state index >= 15 is 0 Å². The van der Waals surface area contributed by atoms with Crippen molar-refractivity contribution in [3.8, 4) is 11.1 Å². The number of nitrogens with one attached hydrogen (secondary N) is 3. The number of aromatic nitrogens is 2. The van der Waals surface area contributed by atoms with Crippen LogP contribution < -0.4 is 10.9 Å². The van der Waals surface area contributed by atoms with E-state index in [2.05, 4.69) is 15.3 Å². The van der Waals surface area contributed by atoms with Gasteiger partial charge < -0.3 is 19.8 Å². The lowest BCUT2D eigenvalue weighted by atomic mass is 9.99. The Labute approximate surface area is 189 Å². The summed E-state index contributed by atoms with van der Waals surface area (Å²) in [5.74, 6) is -0.895. The van der Waals surface area contributed by atoms with E-state index in [1.54, 1.807) is 33.0 Å². The fourth-order valence-electron chi connectivity index (χ4n) is 3.81. The molecule has 4 rings (SSSR count). The average Bonchev–Trinajstić information content (AvgIpc) is 3.16. The Balaban J connectivity index is 1.75. The van der Waals surface area contributed by atoms with Crippen LogP contribution in [0, 0.1) is 0 Å². The Morgan fingerprint density at radius 1 is 1.09 bits per heavy atom. The summed E-state index contributed by atoms with van der Waals surface area (Å²) in [5.41, 5.74) is 3.35. The van der Waals surface area contributed by atoms with Gasteiger partial charge in [-0.1, -0.05) is 18.2 Å². The number of ether oxygens (including phenoxy) is 1. The summed E-state index contributed by atoms with van der Waals surface area (Å²) in [5, 5.41) is 13.4. The number of fused-ring (bicyclic) bond motifs is 3. The standard InChI is InChI=1S/C25H25N3O5/c1-25(2,3)33-24(32)27-17-6-4-5-14(11-17)15-7-9-19-18(12-15)21-16(8-10-20(29)30)13-26-22(21)23(31)28-19/h4-7,9,11-13,26H,8,10H2,1-3H3,(H,27,32)(H,28,31)(H,29,30). The summed E-state index contributed by atoms with van der Waals surface area (Å²) < 4.78 is 5.32. The second-order valence-electron chi connectivity index (χ2n) is 8.88. The molecule has 1 amide bonds. The summed E-state index contributed by atoms with van der Waals surface area (Å²) in [4.78, 5) is 41.5. The number of hydrogen-bond donors (Lipinski definition) is 4.